The second-order valence-corrected chi connectivity index (χ2v) is 4.98. The number of carbonyl (C=O) groups is 1. The van der Waals surface area contributed by atoms with Crippen molar-refractivity contribution < 1.29 is 27.8 Å². The fourth-order valence-electron chi connectivity index (χ4n) is 3.11. The highest BCUT2D eigenvalue weighted by atomic mass is 19.4. The van der Waals surface area contributed by atoms with Crippen LogP contribution in [0.25, 0.3) is 0 Å². The fourth-order valence-corrected chi connectivity index (χ4v) is 3.11. The van der Waals surface area contributed by atoms with E-state index < -0.39 is 35.9 Å². The minimum Gasteiger partial charge on any atom is -0.394 e. The Hall–Kier alpha value is -0.660. The summed E-state index contributed by atoms with van der Waals surface area (Å²) >= 11 is 0. The highest BCUT2D eigenvalue weighted by Gasteiger charge is 2.62. The van der Waals surface area contributed by atoms with Crippen LogP contribution < -0.4 is 0 Å². The molecule has 1 N–H and O–H groups in total. The van der Waals surface area contributed by atoms with E-state index in [9.17, 15) is 23.1 Å². The summed E-state index contributed by atoms with van der Waals surface area (Å²) in [6, 6.07) is 0. The van der Waals surface area contributed by atoms with Crippen molar-refractivity contribution in [2.75, 3.05) is 33.4 Å². The van der Waals surface area contributed by atoms with Crippen molar-refractivity contribution >= 4 is 5.78 Å². The van der Waals surface area contributed by atoms with E-state index in [4.69, 9.17) is 4.74 Å². The van der Waals surface area contributed by atoms with E-state index in [1.165, 1.54) is 12.0 Å². The van der Waals surface area contributed by atoms with Crippen molar-refractivity contribution in [3.63, 3.8) is 0 Å². The molecule has 0 amide bonds. The standard InChI is InChI=1S/C11H16F3NO3/c1-18-6-10(5-16)9(17)7-2-3-15(10)4-8(7)11(12,13)14/h7-8,16H,2-6H2,1H3/t7-,8-,10+/m0/s1. The molecule has 4 atom stereocenters. The van der Waals surface area contributed by atoms with Crippen LogP contribution >= 0.6 is 0 Å². The second kappa shape index (κ2) is 4.47. The van der Waals surface area contributed by atoms with Gasteiger partial charge >= 0.3 is 6.18 Å². The molecule has 1 unspecified atom stereocenters. The van der Waals surface area contributed by atoms with E-state index in [1.807, 2.05) is 0 Å². The minimum absolute atomic E-state index is 0.0661. The quantitative estimate of drug-likeness (QED) is 0.806. The number of piperidine rings is 3. The predicted octanol–water partition coefficient (Wildman–Crippen LogP) is 0.447. The van der Waals surface area contributed by atoms with Crippen LogP contribution in [0.4, 0.5) is 13.2 Å². The second-order valence-electron chi connectivity index (χ2n) is 4.98. The van der Waals surface area contributed by atoms with Gasteiger partial charge in [0.2, 0.25) is 0 Å². The summed E-state index contributed by atoms with van der Waals surface area (Å²) in [6.07, 6.45) is -4.16. The minimum atomic E-state index is -4.37. The van der Waals surface area contributed by atoms with Crippen molar-refractivity contribution in [1.82, 2.24) is 4.90 Å². The van der Waals surface area contributed by atoms with Crippen molar-refractivity contribution in [2.24, 2.45) is 11.8 Å². The Morgan fingerprint density at radius 2 is 2.22 bits per heavy atom. The average Bonchev–Trinajstić information content (AvgIpc) is 2.32. The van der Waals surface area contributed by atoms with Gasteiger partial charge in [-0.05, 0) is 13.0 Å². The summed E-state index contributed by atoms with van der Waals surface area (Å²) in [4.78, 5) is 13.6. The first-order chi connectivity index (χ1) is 8.36. The molecule has 0 aliphatic carbocycles. The largest absolute Gasteiger partial charge is 0.394 e. The van der Waals surface area contributed by atoms with Gasteiger partial charge in [-0.2, -0.15) is 13.2 Å². The Morgan fingerprint density at radius 1 is 1.56 bits per heavy atom. The smallest absolute Gasteiger partial charge is 0.393 e. The van der Waals surface area contributed by atoms with Crippen molar-refractivity contribution in [3.05, 3.63) is 0 Å². The zero-order chi connectivity index (χ0) is 13.6. The lowest BCUT2D eigenvalue weighted by molar-refractivity contribution is -0.229. The van der Waals surface area contributed by atoms with Crippen LogP contribution in [0.15, 0.2) is 0 Å². The molecule has 3 rings (SSSR count). The lowest BCUT2D eigenvalue weighted by Gasteiger charge is -2.54. The SMILES string of the molecule is COC[C@]1(CO)C(=O)[C@H]2CCN1C[C@@H]2C(F)(F)F. The first-order valence-corrected chi connectivity index (χ1v) is 5.82. The van der Waals surface area contributed by atoms with Crippen LogP contribution in [0, 0.1) is 11.8 Å². The Labute approximate surface area is 103 Å². The van der Waals surface area contributed by atoms with E-state index in [0.29, 0.717) is 6.54 Å². The Kier molecular flexibility index (Phi) is 3.42. The van der Waals surface area contributed by atoms with Crippen molar-refractivity contribution in [2.45, 2.75) is 18.1 Å². The third-order valence-corrected chi connectivity index (χ3v) is 4.08. The number of methoxy groups -OCH3 is 1. The molecule has 0 saturated carbocycles. The van der Waals surface area contributed by atoms with E-state index in [1.54, 1.807) is 0 Å². The number of hydrogen-bond donors (Lipinski definition) is 1. The van der Waals surface area contributed by atoms with Crippen LogP contribution in [0.3, 0.4) is 0 Å². The van der Waals surface area contributed by atoms with Gasteiger partial charge in [0.25, 0.3) is 0 Å². The zero-order valence-electron chi connectivity index (χ0n) is 10.0. The van der Waals surface area contributed by atoms with Crippen LogP contribution in [-0.2, 0) is 9.53 Å². The highest BCUT2D eigenvalue weighted by Crippen LogP contribution is 2.46. The van der Waals surface area contributed by atoms with Gasteiger partial charge in [-0.1, -0.05) is 0 Å². The third kappa shape index (κ3) is 1.85. The summed E-state index contributed by atoms with van der Waals surface area (Å²) in [5, 5.41) is 9.43. The number of fused-ring (bicyclic) bond motifs is 3. The number of ketones is 1. The van der Waals surface area contributed by atoms with Crippen molar-refractivity contribution in [1.29, 1.82) is 0 Å². The summed E-state index contributed by atoms with van der Waals surface area (Å²) < 4.78 is 43.4. The molecule has 104 valence electrons. The lowest BCUT2D eigenvalue weighted by Crippen LogP contribution is -2.72. The summed E-state index contributed by atoms with van der Waals surface area (Å²) in [5.41, 5.74) is -1.28. The topological polar surface area (TPSA) is 49.8 Å². The predicted molar refractivity (Wildman–Crippen MR) is 55.9 cm³/mol. The number of hydrogen-bond acceptors (Lipinski definition) is 4. The Balaban J connectivity index is 2.31. The molecule has 7 heteroatoms. The molecule has 18 heavy (non-hydrogen) atoms. The Morgan fingerprint density at radius 3 is 2.67 bits per heavy atom. The molecule has 0 aromatic carbocycles. The maximum Gasteiger partial charge on any atom is 0.393 e. The van der Waals surface area contributed by atoms with Gasteiger partial charge in [0.05, 0.1) is 19.1 Å². The molecule has 0 aromatic heterocycles. The van der Waals surface area contributed by atoms with Gasteiger partial charge in [-0.25, -0.2) is 0 Å². The molecule has 2 bridgehead atoms. The van der Waals surface area contributed by atoms with Crippen LogP contribution in [0.2, 0.25) is 0 Å². The number of carbonyl (C=O) groups excluding carboxylic acids is 1. The number of ether oxygens (including phenoxy) is 1. The van der Waals surface area contributed by atoms with Gasteiger partial charge in [-0.15, -0.1) is 0 Å². The average molecular weight is 267 g/mol. The maximum absolute atomic E-state index is 12.8. The molecule has 3 aliphatic heterocycles. The number of nitrogens with zero attached hydrogens (tertiary/aromatic N) is 1. The molecular formula is C11H16F3NO3. The number of aliphatic hydroxyl groups excluding tert-OH is 1. The van der Waals surface area contributed by atoms with Gasteiger partial charge < -0.3 is 9.84 Å². The zero-order valence-corrected chi connectivity index (χ0v) is 10.0. The first-order valence-electron chi connectivity index (χ1n) is 5.82. The number of halogens is 3. The summed E-state index contributed by atoms with van der Waals surface area (Å²) in [7, 11) is 1.37. The molecule has 3 heterocycles. The van der Waals surface area contributed by atoms with Gasteiger partial charge in [0, 0.05) is 19.6 Å². The molecule has 3 aliphatic rings. The summed E-state index contributed by atoms with van der Waals surface area (Å²) in [6.45, 7) is -0.402. The van der Waals surface area contributed by atoms with E-state index in [0.717, 1.165) is 0 Å². The first kappa shape index (κ1) is 13.8. The van der Waals surface area contributed by atoms with Crippen LogP contribution in [0.1, 0.15) is 6.42 Å². The van der Waals surface area contributed by atoms with E-state index >= 15 is 0 Å². The maximum atomic E-state index is 12.8. The number of alkyl halides is 3. The van der Waals surface area contributed by atoms with Crippen LogP contribution in [0.5, 0.6) is 0 Å². The number of rotatable bonds is 3. The lowest BCUT2D eigenvalue weighted by atomic mass is 9.68. The summed E-state index contributed by atoms with van der Waals surface area (Å²) in [5.74, 6) is -3.20. The molecule has 3 fully saturated rings. The number of aliphatic hydroxyl groups is 1. The van der Waals surface area contributed by atoms with Gasteiger partial charge in [0.15, 0.2) is 5.78 Å². The highest BCUT2D eigenvalue weighted by molar-refractivity contribution is 5.92. The molecule has 4 nitrogen and oxygen atoms in total. The molecular weight excluding hydrogens is 251 g/mol. The Bertz CT molecular complexity index is 347. The van der Waals surface area contributed by atoms with E-state index in [-0.39, 0.29) is 19.6 Å². The number of Topliss-reactive ketones (excluding diaryl/α,β-unsaturated/α-hetero) is 1. The third-order valence-electron chi connectivity index (χ3n) is 4.08. The monoisotopic (exact) mass is 267 g/mol. The van der Waals surface area contributed by atoms with Crippen LogP contribution in [-0.4, -0.2) is 60.9 Å². The normalized spacial score (nSPS) is 40.3. The van der Waals surface area contributed by atoms with Gasteiger partial charge in [-0.3, -0.25) is 9.69 Å². The molecule has 0 radical (unpaired) electrons. The fraction of sp³-hybridized carbons (Fsp3) is 0.909. The van der Waals surface area contributed by atoms with Crippen molar-refractivity contribution in [3.8, 4) is 0 Å². The molecule has 0 aromatic rings. The molecule has 3 saturated heterocycles. The van der Waals surface area contributed by atoms with Gasteiger partial charge in [0.1, 0.15) is 5.54 Å². The van der Waals surface area contributed by atoms with E-state index in [2.05, 4.69) is 0 Å². The molecule has 0 spiro atoms.